The Kier molecular flexibility index (Phi) is 4.86. The zero-order chi connectivity index (χ0) is 16.3. The normalized spacial score (nSPS) is 18.8. The van der Waals surface area contributed by atoms with Crippen LogP contribution in [0.25, 0.3) is 0 Å². The summed E-state index contributed by atoms with van der Waals surface area (Å²) in [6.45, 7) is 4.50. The van der Waals surface area contributed by atoms with E-state index in [0.29, 0.717) is 19.5 Å². The van der Waals surface area contributed by atoms with E-state index >= 15 is 0 Å². The number of aryl methyl sites for hydroxylation is 1. The highest BCUT2D eigenvalue weighted by Crippen LogP contribution is 2.24. The van der Waals surface area contributed by atoms with Crippen LogP contribution in [0, 0.1) is 12.8 Å². The van der Waals surface area contributed by atoms with E-state index in [0.717, 1.165) is 5.56 Å². The fourth-order valence-corrected chi connectivity index (χ4v) is 2.79. The van der Waals surface area contributed by atoms with Crippen LogP contribution in [0.5, 0.6) is 0 Å². The van der Waals surface area contributed by atoms with Crippen LogP contribution in [0.3, 0.4) is 0 Å². The first-order valence-corrected chi connectivity index (χ1v) is 7.62. The highest BCUT2D eigenvalue weighted by molar-refractivity contribution is 5.80. The van der Waals surface area contributed by atoms with Crippen LogP contribution in [-0.2, 0) is 16.0 Å². The molecule has 120 valence electrons. The molecule has 1 atom stereocenters. The SMILES string of the molecule is Cc1ccc(CC(C)C(=O)N2CCC(O)(C(=O)O)CC2)cc1. The van der Waals surface area contributed by atoms with Crippen molar-refractivity contribution in [2.45, 2.75) is 38.7 Å². The van der Waals surface area contributed by atoms with Crippen molar-refractivity contribution in [3.8, 4) is 0 Å². The number of carboxylic acids is 1. The van der Waals surface area contributed by atoms with Gasteiger partial charge in [0.1, 0.15) is 0 Å². The van der Waals surface area contributed by atoms with Crippen molar-refractivity contribution in [2.24, 2.45) is 5.92 Å². The van der Waals surface area contributed by atoms with Gasteiger partial charge in [-0.25, -0.2) is 4.79 Å². The van der Waals surface area contributed by atoms with Crippen LogP contribution in [0.15, 0.2) is 24.3 Å². The Hall–Kier alpha value is -1.88. The van der Waals surface area contributed by atoms with Crippen LogP contribution < -0.4 is 0 Å². The highest BCUT2D eigenvalue weighted by Gasteiger charge is 2.40. The molecule has 2 rings (SSSR count). The minimum absolute atomic E-state index is 0.0213. The Morgan fingerprint density at radius 2 is 1.77 bits per heavy atom. The number of carbonyl (C=O) groups excluding carboxylic acids is 1. The van der Waals surface area contributed by atoms with Gasteiger partial charge in [0.05, 0.1) is 0 Å². The summed E-state index contributed by atoms with van der Waals surface area (Å²) in [5.41, 5.74) is 0.619. The molecule has 22 heavy (non-hydrogen) atoms. The molecule has 1 saturated heterocycles. The molecule has 0 spiro atoms. The molecular weight excluding hydrogens is 282 g/mol. The summed E-state index contributed by atoms with van der Waals surface area (Å²) >= 11 is 0. The van der Waals surface area contributed by atoms with Crippen LogP contribution in [-0.4, -0.2) is 45.7 Å². The maximum Gasteiger partial charge on any atom is 0.335 e. The zero-order valence-electron chi connectivity index (χ0n) is 13.1. The first-order chi connectivity index (χ1) is 10.3. The average Bonchev–Trinajstić information content (AvgIpc) is 2.49. The number of likely N-dealkylation sites (tertiary alicyclic amines) is 1. The molecule has 2 N–H and O–H groups in total. The number of rotatable bonds is 4. The molecule has 1 aromatic rings. The van der Waals surface area contributed by atoms with E-state index in [1.54, 1.807) is 4.90 Å². The van der Waals surface area contributed by atoms with Crippen molar-refractivity contribution in [1.82, 2.24) is 4.90 Å². The second-order valence-corrected chi connectivity index (χ2v) is 6.25. The standard InChI is InChI=1S/C17H23NO4/c1-12-3-5-14(6-4-12)11-13(2)15(19)18-9-7-17(22,8-10-18)16(20)21/h3-6,13,22H,7-11H2,1-2H3,(H,20,21). The Morgan fingerprint density at radius 3 is 2.27 bits per heavy atom. The predicted molar refractivity (Wildman–Crippen MR) is 82.4 cm³/mol. The topological polar surface area (TPSA) is 77.8 Å². The van der Waals surface area contributed by atoms with Crippen molar-refractivity contribution in [3.05, 3.63) is 35.4 Å². The number of aliphatic carboxylic acids is 1. The van der Waals surface area contributed by atoms with Gasteiger partial charge < -0.3 is 15.1 Å². The lowest BCUT2D eigenvalue weighted by atomic mass is 9.90. The first-order valence-electron chi connectivity index (χ1n) is 7.62. The minimum Gasteiger partial charge on any atom is -0.479 e. The molecule has 1 aliphatic rings. The third kappa shape index (κ3) is 3.65. The molecule has 5 heteroatoms. The quantitative estimate of drug-likeness (QED) is 0.886. The average molecular weight is 305 g/mol. The summed E-state index contributed by atoms with van der Waals surface area (Å²) in [5.74, 6) is -1.33. The molecule has 1 amide bonds. The summed E-state index contributed by atoms with van der Waals surface area (Å²) in [5, 5.41) is 18.9. The van der Waals surface area contributed by atoms with E-state index in [1.165, 1.54) is 5.56 Å². The van der Waals surface area contributed by atoms with Gasteiger partial charge in [-0.05, 0) is 18.9 Å². The summed E-state index contributed by atoms with van der Waals surface area (Å²) < 4.78 is 0. The molecule has 1 unspecified atom stereocenters. The number of carboxylic acid groups (broad SMARTS) is 1. The smallest absolute Gasteiger partial charge is 0.335 e. The Morgan fingerprint density at radius 1 is 1.23 bits per heavy atom. The second kappa shape index (κ2) is 6.48. The lowest BCUT2D eigenvalue weighted by molar-refractivity contribution is -0.165. The molecule has 0 radical (unpaired) electrons. The number of carbonyl (C=O) groups is 2. The Balaban J connectivity index is 1.92. The van der Waals surface area contributed by atoms with E-state index in [4.69, 9.17) is 5.11 Å². The zero-order valence-corrected chi connectivity index (χ0v) is 13.1. The number of hydrogen-bond acceptors (Lipinski definition) is 3. The van der Waals surface area contributed by atoms with Crippen molar-refractivity contribution >= 4 is 11.9 Å². The highest BCUT2D eigenvalue weighted by atomic mass is 16.4. The van der Waals surface area contributed by atoms with E-state index < -0.39 is 11.6 Å². The largest absolute Gasteiger partial charge is 0.479 e. The summed E-state index contributed by atoms with van der Waals surface area (Å²) in [4.78, 5) is 25.1. The van der Waals surface area contributed by atoms with Gasteiger partial charge in [0, 0.05) is 31.8 Å². The van der Waals surface area contributed by atoms with E-state index in [2.05, 4.69) is 0 Å². The molecule has 1 aromatic carbocycles. The van der Waals surface area contributed by atoms with Crippen LogP contribution in [0.4, 0.5) is 0 Å². The fourth-order valence-electron chi connectivity index (χ4n) is 2.79. The van der Waals surface area contributed by atoms with E-state index in [-0.39, 0.29) is 24.7 Å². The molecular formula is C17H23NO4. The lowest BCUT2D eigenvalue weighted by Crippen LogP contribution is -2.51. The monoisotopic (exact) mass is 305 g/mol. The van der Waals surface area contributed by atoms with Crippen molar-refractivity contribution < 1.29 is 19.8 Å². The molecule has 1 heterocycles. The lowest BCUT2D eigenvalue weighted by Gasteiger charge is -2.36. The summed E-state index contributed by atoms with van der Waals surface area (Å²) in [6.07, 6.45) is 0.843. The van der Waals surface area contributed by atoms with Gasteiger partial charge in [0.25, 0.3) is 0 Å². The van der Waals surface area contributed by atoms with Gasteiger partial charge in [0.15, 0.2) is 5.60 Å². The Labute approximate surface area is 130 Å². The number of benzene rings is 1. The third-order valence-electron chi connectivity index (χ3n) is 4.38. The first kappa shape index (κ1) is 16.5. The number of aliphatic hydroxyl groups is 1. The Bertz CT molecular complexity index is 544. The van der Waals surface area contributed by atoms with Crippen LogP contribution in [0.2, 0.25) is 0 Å². The van der Waals surface area contributed by atoms with Gasteiger partial charge in [-0.2, -0.15) is 0 Å². The molecule has 1 aliphatic heterocycles. The maximum absolute atomic E-state index is 12.4. The fraction of sp³-hybridized carbons (Fsp3) is 0.529. The van der Waals surface area contributed by atoms with Crippen molar-refractivity contribution in [1.29, 1.82) is 0 Å². The van der Waals surface area contributed by atoms with Crippen LogP contribution in [0.1, 0.15) is 30.9 Å². The maximum atomic E-state index is 12.4. The minimum atomic E-state index is -1.68. The van der Waals surface area contributed by atoms with Gasteiger partial charge in [0.2, 0.25) is 5.91 Å². The van der Waals surface area contributed by atoms with Gasteiger partial charge >= 0.3 is 5.97 Å². The van der Waals surface area contributed by atoms with Gasteiger partial charge in [-0.1, -0.05) is 36.8 Å². The molecule has 5 nitrogen and oxygen atoms in total. The number of hydrogen-bond donors (Lipinski definition) is 2. The summed E-state index contributed by atoms with van der Waals surface area (Å²) in [6, 6.07) is 8.11. The molecule has 0 aromatic heterocycles. The predicted octanol–water partition coefficient (Wildman–Crippen LogP) is 1.61. The number of amides is 1. The van der Waals surface area contributed by atoms with E-state index in [1.807, 2.05) is 38.1 Å². The van der Waals surface area contributed by atoms with Crippen molar-refractivity contribution in [3.63, 3.8) is 0 Å². The van der Waals surface area contributed by atoms with E-state index in [9.17, 15) is 14.7 Å². The molecule has 1 fully saturated rings. The van der Waals surface area contributed by atoms with Gasteiger partial charge in [-0.15, -0.1) is 0 Å². The molecule has 0 bridgehead atoms. The van der Waals surface area contributed by atoms with Crippen LogP contribution >= 0.6 is 0 Å². The summed E-state index contributed by atoms with van der Waals surface area (Å²) in [7, 11) is 0. The molecule has 0 saturated carbocycles. The number of nitrogens with zero attached hydrogens (tertiary/aromatic N) is 1. The number of piperidine rings is 1. The van der Waals surface area contributed by atoms with Crippen molar-refractivity contribution in [2.75, 3.05) is 13.1 Å². The molecule has 0 aliphatic carbocycles. The third-order valence-corrected chi connectivity index (χ3v) is 4.38. The second-order valence-electron chi connectivity index (χ2n) is 6.25. The van der Waals surface area contributed by atoms with Gasteiger partial charge in [-0.3, -0.25) is 4.79 Å².